The number of likely N-dealkylation sites (tertiary alicyclic amines) is 1. The highest BCUT2D eigenvalue weighted by Gasteiger charge is 2.37. The number of halogens is 1. The molecular weight excluding hydrogens is 344 g/mol. The maximum absolute atomic E-state index is 12.2. The Bertz CT molecular complexity index is 613. The predicted octanol–water partition coefficient (Wildman–Crippen LogP) is 2.15. The molecule has 0 saturated carbocycles. The summed E-state index contributed by atoms with van der Waals surface area (Å²) >= 11 is 3.14. The summed E-state index contributed by atoms with van der Waals surface area (Å²) < 4.78 is 0.455. The van der Waals surface area contributed by atoms with Crippen LogP contribution < -0.4 is 0 Å². The van der Waals surface area contributed by atoms with Crippen molar-refractivity contribution >= 4 is 33.5 Å². The summed E-state index contributed by atoms with van der Waals surface area (Å²) in [6.07, 6.45) is 0. The summed E-state index contributed by atoms with van der Waals surface area (Å²) in [5.41, 5.74) is 0.0567. The van der Waals surface area contributed by atoms with Crippen molar-refractivity contribution in [2.45, 2.75) is 6.92 Å². The molecule has 2 rings (SSSR count). The van der Waals surface area contributed by atoms with Crippen molar-refractivity contribution in [3.05, 3.63) is 38.3 Å². The Hall–Kier alpha value is -1.96. The number of carbonyl (C=O) groups excluding carboxylic acids is 1. The normalized spacial score (nSPS) is 16.2. The van der Waals surface area contributed by atoms with Crippen molar-refractivity contribution in [3.8, 4) is 0 Å². The van der Waals surface area contributed by atoms with E-state index in [1.165, 1.54) is 23.1 Å². The molecular formula is C13H13BrN2O5. The van der Waals surface area contributed by atoms with Gasteiger partial charge in [-0.15, -0.1) is 0 Å². The highest BCUT2D eigenvalue weighted by Crippen LogP contribution is 2.28. The van der Waals surface area contributed by atoms with Crippen molar-refractivity contribution in [2.24, 2.45) is 11.8 Å². The van der Waals surface area contributed by atoms with Crippen molar-refractivity contribution in [1.82, 2.24) is 4.90 Å². The van der Waals surface area contributed by atoms with E-state index in [-0.39, 0.29) is 23.1 Å². The van der Waals surface area contributed by atoms with Crippen LogP contribution >= 0.6 is 15.9 Å². The van der Waals surface area contributed by atoms with Crippen molar-refractivity contribution in [3.63, 3.8) is 0 Å². The zero-order valence-corrected chi connectivity index (χ0v) is 12.7. The van der Waals surface area contributed by atoms with E-state index in [1.54, 1.807) is 6.92 Å². The van der Waals surface area contributed by atoms with Crippen molar-refractivity contribution < 1.29 is 19.6 Å². The molecule has 1 heterocycles. The first-order valence-electron chi connectivity index (χ1n) is 6.26. The lowest BCUT2D eigenvalue weighted by atomic mass is 9.86. The Morgan fingerprint density at radius 3 is 2.57 bits per heavy atom. The third-order valence-electron chi connectivity index (χ3n) is 3.63. The molecule has 0 spiro atoms. The maximum atomic E-state index is 12.2. The molecule has 0 aliphatic carbocycles. The number of nitro benzene ring substituents is 1. The summed E-state index contributed by atoms with van der Waals surface area (Å²) in [4.78, 5) is 34.8. The van der Waals surface area contributed by atoms with Gasteiger partial charge in [0.05, 0.1) is 10.8 Å². The standard InChI is InChI=1S/C13H13BrN2O5/c1-7(13(18)19)9-5-15(6-9)12(17)8-2-10(14)4-11(3-8)16(20)21/h2-4,7,9H,5-6H2,1H3,(H,18,19). The largest absolute Gasteiger partial charge is 0.481 e. The van der Waals surface area contributed by atoms with Gasteiger partial charge >= 0.3 is 5.97 Å². The van der Waals surface area contributed by atoms with Crippen LogP contribution in [0.1, 0.15) is 17.3 Å². The number of carboxylic acids is 1. The minimum Gasteiger partial charge on any atom is -0.481 e. The van der Waals surface area contributed by atoms with Gasteiger partial charge in [-0.2, -0.15) is 0 Å². The Kier molecular flexibility index (Phi) is 4.26. The van der Waals surface area contributed by atoms with Gasteiger partial charge < -0.3 is 10.0 Å². The summed E-state index contributed by atoms with van der Waals surface area (Å²) in [5.74, 6) is -1.79. The van der Waals surface area contributed by atoms with Crippen LogP contribution in [-0.2, 0) is 4.79 Å². The monoisotopic (exact) mass is 356 g/mol. The number of amides is 1. The van der Waals surface area contributed by atoms with Gasteiger partial charge in [-0.05, 0) is 6.07 Å². The van der Waals surface area contributed by atoms with Crippen LogP contribution in [0.15, 0.2) is 22.7 Å². The van der Waals surface area contributed by atoms with E-state index in [0.29, 0.717) is 17.6 Å². The Morgan fingerprint density at radius 2 is 2.05 bits per heavy atom. The first-order valence-corrected chi connectivity index (χ1v) is 7.06. The molecule has 8 heteroatoms. The lowest BCUT2D eigenvalue weighted by Crippen LogP contribution is -2.53. The number of hydrogen-bond donors (Lipinski definition) is 1. The predicted molar refractivity (Wildman–Crippen MR) is 77.0 cm³/mol. The molecule has 1 unspecified atom stereocenters. The maximum Gasteiger partial charge on any atom is 0.306 e. The molecule has 7 nitrogen and oxygen atoms in total. The van der Waals surface area contributed by atoms with Crippen LogP contribution in [0.5, 0.6) is 0 Å². The zero-order valence-electron chi connectivity index (χ0n) is 11.2. The Labute approximate surface area is 128 Å². The number of nitro groups is 1. The van der Waals surface area contributed by atoms with Crippen LogP contribution in [0.25, 0.3) is 0 Å². The van der Waals surface area contributed by atoms with Gasteiger partial charge in [0.25, 0.3) is 11.6 Å². The molecule has 1 aliphatic heterocycles. The molecule has 112 valence electrons. The van der Waals surface area contributed by atoms with Crippen LogP contribution in [0.4, 0.5) is 5.69 Å². The second kappa shape index (κ2) is 5.80. The summed E-state index contributed by atoms with van der Waals surface area (Å²) in [5, 5.41) is 19.7. The molecule has 1 fully saturated rings. The first kappa shape index (κ1) is 15.4. The first-order chi connectivity index (χ1) is 9.79. The molecule has 1 saturated heterocycles. The average molecular weight is 357 g/mol. The number of carbonyl (C=O) groups is 2. The molecule has 1 atom stereocenters. The SMILES string of the molecule is CC(C(=O)O)C1CN(C(=O)c2cc(Br)cc([N+](=O)[O-])c2)C1. The lowest BCUT2D eigenvalue weighted by molar-refractivity contribution is -0.385. The molecule has 1 aliphatic rings. The average Bonchev–Trinajstić information content (AvgIpc) is 2.35. The second-order valence-corrected chi connectivity index (χ2v) is 5.97. The summed E-state index contributed by atoms with van der Waals surface area (Å²) in [6.45, 7) is 2.32. The van der Waals surface area contributed by atoms with E-state index in [0.717, 1.165) is 0 Å². The molecule has 1 amide bonds. The quantitative estimate of drug-likeness (QED) is 0.657. The fourth-order valence-electron chi connectivity index (χ4n) is 2.18. The van der Waals surface area contributed by atoms with Gasteiger partial charge in [0.1, 0.15) is 0 Å². The molecule has 0 aromatic heterocycles. The molecule has 1 N–H and O–H groups in total. The van der Waals surface area contributed by atoms with E-state index in [2.05, 4.69) is 15.9 Å². The van der Waals surface area contributed by atoms with E-state index in [9.17, 15) is 19.7 Å². The number of rotatable bonds is 4. The van der Waals surface area contributed by atoms with Gasteiger partial charge in [-0.3, -0.25) is 19.7 Å². The topological polar surface area (TPSA) is 101 Å². The highest BCUT2D eigenvalue weighted by molar-refractivity contribution is 9.10. The minimum absolute atomic E-state index is 0.0754. The number of carboxylic acid groups (broad SMARTS) is 1. The molecule has 0 radical (unpaired) electrons. The van der Waals surface area contributed by atoms with Crippen molar-refractivity contribution in [1.29, 1.82) is 0 Å². The van der Waals surface area contributed by atoms with Crippen LogP contribution in [0.3, 0.4) is 0 Å². The van der Waals surface area contributed by atoms with Crippen LogP contribution in [0, 0.1) is 22.0 Å². The number of hydrogen-bond acceptors (Lipinski definition) is 4. The summed E-state index contributed by atoms with van der Waals surface area (Å²) in [7, 11) is 0. The molecule has 0 bridgehead atoms. The fourth-order valence-corrected chi connectivity index (χ4v) is 2.66. The molecule has 1 aromatic rings. The summed E-state index contributed by atoms with van der Waals surface area (Å²) in [6, 6.07) is 4.06. The van der Waals surface area contributed by atoms with Gasteiger partial charge in [-0.1, -0.05) is 22.9 Å². The van der Waals surface area contributed by atoms with E-state index < -0.39 is 16.8 Å². The number of nitrogens with zero attached hydrogens (tertiary/aromatic N) is 2. The fraction of sp³-hybridized carbons (Fsp3) is 0.385. The van der Waals surface area contributed by atoms with Gasteiger partial charge in [-0.25, -0.2) is 0 Å². The molecule has 21 heavy (non-hydrogen) atoms. The number of non-ortho nitro benzene ring substituents is 1. The van der Waals surface area contributed by atoms with Crippen LogP contribution in [-0.4, -0.2) is 39.9 Å². The highest BCUT2D eigenvalue weighted by atomic mass is 79.9. The number of benzene rings is 1. The van der Waals surface area contributed by atoms with Crippen LogP contribution in [0.2, 0.25) is 0 Å². The van der Waals surface area contributed by atoms with E-state index in [1.807, 2.05) is 0 Å². The number of aliphatic carboxylic acids is 1. The van der Waals surface area contributed by atoms with E-state index in [4.69, 9.17) is 5.11 Å². The lowest BCUT2D eigenvalue weighted by Gasteiger charge is -2.41. The smallest absolute Gasteiger partial charge is 0.306 e. The van der Waals surface area contributed by atoms with Gasteiger partial charge in [0, 0.05) is 41.2 Å². The van der Waals surface area contributed by atoms with Gasteiger partial charge in [0.2, 0.25) is 0 Å². The van der Waals surface area contributed by atoms with Crippen molar-refractivity contribution in [2.75, 3.05) is 13.1 Å². The minimum atomic E-state index is -0.884. The van der Waals surface area contributed by atoms with E-state index >= 15 is 0 Å². The zero-order chi connectivity index (χ0) is 15.7. The molecule has 1 aromatic carbocycles. The van der Waals surface area contributed by atoms with Gasteiger partial charge in [0.15, 0.2) is 0 Å². The Balaban J connectivity index is 2.09. The second-order valence-electron chi connectivity index (χ2n) is 5.05. The Morgan fingerprint density at radius 1 is 1.43 bits per heavy atom. The third-order valence-corrected chi connectivity index (χ3v) is 4.09. The third kappa shape index (κ3) is 3.21.